The Morgan fingerprint density at radius 1 is 1.17 bits per heavy atom. The molecule has 0 fully saturated rings. The fraction of sp³-hybridized carbons (Fsp3) is 0.154. The molecule has 92 valence electrons. The van der Waals surface area contributed by atoms with Crippen molar-refractivity contribution in [2.45, 2.75) is 0 Å². The van der Waals surface area contributed by atoms with Crippen LogP contribution in [0.15, 0.2) is 36.7 Å². The molecule has 0 radical (unpaired) electrons. The van der Waals surface area contributed by atoms with Crippen molar-refractivity contribution in [2.24, 2.45) is 0 Å². The third kappa shape index (κ3) is 2.12. The SMILES string of the molecule is CN(C)c1ccc(-c2cn3cc(I)ccc3n2)s1. The predicted octanol–water partition coefficient (Wildman–Crippen LogP) is 3.73. The fourth-order valence-electron chi connectivity index (χ4n) is 1.79. The standard InChI is InChI=1S/C13H12IN3S/c1-16(2)13-6-4-11(18-13)10-8-17-7-9(14)3-5-12(17)15-10/h3-8H,1-2H3. The summed E-state index contributed by atoms with van der Waals surface area (Å²) in [6, 6.07) is 8.39. The minimum Gasteiger partial charge on any atom is -0.370 e. The van der Waals surface area contributed by atoms with E-state index < -0.39 is 0 Å². The van der Waals surface area contributed by atoms with Gasteiger partial charge in [0, 0.05) is 30.1 Å². The highest BCUT2D eigenvalue weighted by molar-refractivity contribution is 14.1. The van der Waals surface area contributed by atoms with Crippen LogP contribution in [-0.2, 0) is 0 Å². The molecule has 3 heterocycles. The number of fused-ring (bicyclic) bond motifs is 1. The van der Waals surface area contributed by atoms with Crippen LogP contribution in [0.25, 0.3) is 16.2 Å². The zero-order valence-corrected chi connectivity index (χ0v) is 13.1. The predicted molar refractivity (Wildman–Crippen MR) is 85.5 cm³/mol. The lowest BCUT2D eigenvalue weighted by molar-refractivity contribution is 1.16. The number of pyridine rings is 1. The summed E-state index contributed by atoms with van der Waals surface area (Å²) in [6.45, 7) is 0. The molecule has 0 saturated carbocycles. The van der Waals surface area contributed by atoms with Crippen molar-refractivity contribution in [1.29, 1.82) is 0 Å². The van der Waals surface area contributed by atoms with Gasteiger partial charge in [-0.3, -0.25) is 0 Å². The van der Waals surface area contributed by atoms with Crippen molar-refractivity contribution in [3.05, 3.63) is 40.2 Å². The number of aromatic nitrogens is 2. The van der Waals surface area contributed by atoms with E-state index in [1.807, 2.05) is 6.07 Å². The Kier molecular flexibility index (Phi) is 3.03. The van der Waals surface area contributed by atoms with E-state index in [0.717, 1.165) is 11.3 Å². The Hall–Kier alpha value is -1.08. The molecule has 3 nitrogen and oxygen atoms in total. The number of anilines is 1. The van der Waals surface area contributed by atoms with Gasteiger partial charge < -0.3 is 9.30 Å². The Labute approximate surface area is 123 Å². The summed E-state index contributed by atoms with van der Waals surface area (Å²) in [5.41, 5.74) is 2.03. The first-order valence-electron chi connectivity index (χ1n) is 5.55. The van der Waals surface area contributed by atoms with Crippen LogP contribution in [0, 0.1) is 3.57 Å². The number of nitrogens with zero attached hydrogens (tertiary/aromatic N) is 3. The molecule has 0 aliphatic heterocycles. The first kappa shape index (κ1) is 12.0. The van der Waals surface area contributed by atoms with E-state index in [9.17, 15) is 0 Å². The van der Waals surface area contributed by atoms with Crippen molar-refractivity contribution >= 4 is 44.6 Å². The molecule has 0 aliphatic rings. The van der Waals surface area contributed by atoms with E-state index in [1.54, 1.807) is 11.3 Å². The fourth-order valence-corrected chi connectivity index (χ4v) is 3.15. The largest absolute Gasteiger partial charge is 0.370 e. The topological polar surface area (TPSA) is 20.5 Å². The normalized spacial score (nSPS) is 11.1. The Morgan fingerprint density at radius 2 is 2.00 bits per heavy atom. The molecule has 0 amide bonds. The summed E-state index contributed by atoms with van der Waals surface area (Å²) in [5, 5.41) is 1.25. The number of halogens is 1. The van der Waals surface area contributed by atoms with Gasteiger partial charge in [-0.05, 0) is 46.9 Å². The number of imidazole rings is 1. The summed E-state index contributed by atoms with van der Waals surface area (Å²) < 4.78 is 3.29. The van der Waals surface area contributed by atoms with Gasteiger partial charge in [0.1, 0.15) is 5.65 Å². The van der Waals surface area contributed by atoms with Gasteiger partial charge in [0.2, 0.25) is 0 Å². The molecule has 3 aromatic rings. The zero-order chi connectivity index (χ0) is 12.7. The Morgan fingerprint density at radius 3 is 2.72 bits per heavy atom. The highest BCUT2D eigenvalue weighted by atomic mass is 127. The van der Waals surface area contributed by atoms with Crippen LogP contribution in [0.5, 0.6) is 0 Å². The monoisotopic (exact) mass is 369 g/mol. The number of hydrogen-bond acceptors (Lipinski definition) is 3. The lowest BCUT2D eigenvalue weighted by Gasteiger charge is -2.06. The molecule has 0 unspecified atom stereocenters. The molecule has 0 aliphatic carbocycles. The molecular formula is C13H12IN3S. The van der Waals surface area contributed by atoms with Gasteiger partial charge in [-0.15, -0.1) is 11.3 Å². The van der Waals surface area contributed by atoms with Gasteiger partial charge in [-0.1, -0.05) is 0 Å². The van der Waals surface area contributed by atoms with Gasteiger partial charge in [-0.2, -0.15) is 0 Å². The smallest absolute Gasteiger partial charge is 0.137 e. The number of thiophene rings is 1. The van der Waals surface area contributed by atoms with Gasteiger partial charge in [0.05, 0.1) is 15.6 Å². The van der Waals surface area contributed by atoms with Crippen molar-refractivity contribution in [3.8, 4) is 10.6 Å². The summed E-state index contributed by atoms with van der Waals surface area (Å²) in [7, 11) is 4.11. The summed E-state index contributed by atoms with van der Waals surface area (Å²) in [4.78, 5) is 7.97. The second-order valence-corrected chi connectivity index (χ2v) is 6.58. The van der Waals surface area contributed by atoms with Crippen LogP contribution in [0.4, 0.5) is 5.00 Å². The van der Waals surface area contributed by atoms with Crippen LogP contribution in [0.2, 0.25) is 0 Å². The number of hydrogen-bond donors (Lipinski definition) is 0. The molecule has 18 heavy (non-hydrogen) atoms. The van der Waals surface area contributed by atoms with Crippen LogP contribution in [-0.4, -0.2) is 23.5 Å². The molecule has 0 atom stereocenters. The second kappa shape index (κ2) is 4.55. The minimum atomic E-state index is 0.991. The molecule has 0 aromatic carbocycles. The maximum absolute atomic E-state index is 4.65. The van der Waals surface area contributed by atoms with Crippen LogP contribution in [0.1, 0.15) is 0 Å². The molecule has 3 rings (SSSR count). The number of rotatable bonds is 2. The zero-order valence-electron chi connectivity index (χ0n) is 10.1. The first-order valence-corrected chi connectivity index (χ1v) is 7.45. The highest BCUT2D eigenvalue weighted by Gasteiger charge is 2.08. The van der Waals surface area contributed by atoms with E-state index >= 15 is 0 Å². The molecule has 0 saturated heterocycles. The average molecular weight is 369 g/mol. The van der Waals surface area contributed by atoms with Gasteiger partial charge in [0.15, 0.2) is 0 Å². The maximum atomic E-state index is 4.65. The molecule has 5 heteroatoms. The van der Waals surface area contributed by atoms with Crippen molar-refractivity contribution in [3.63, 3.8) is 0 Å². The highest BCUT2D eigenvalue weighted by Crippen LogP contribution is 2.32. The van der Waals surface area contributed by atoms with Crippen molar-refractivity contribution in [2.75, 3.05) is 19.0 Å². The van der Waals surface area contributed by atoms with Gasteiger partial charge >= 0.3 is 0 Å². The lowest BCUT2D eigenvalue weighted by atomic mass is 10.4. The van der Waals surface area contributed by atoms with Crippen molar-refractivity contribution in [1.82, 2.24) is 9.38 Å². The van der Waals surface area contributed by atoms with Crippen LogP contribution < -0.4 is 4.90 Å². The molecular weight excluding hydrogens is 357 g/mol. The Balaban J connectivity index is 2.07. The minimum absolute atomic E-state index is 0.991. The van der Waals surface area contributed by atoms with Gasteiger partial charge in [0.25, 0.3) is 0 Å². The second-order valence-electron chi connectivity index (χ2n) is 4.27. The molecule has 3 aromatic heterocycles. The average Bonchev–Trinajstić information content (AvgIpc) is 2.93. The first-order chi connectivity index (χ1) is 8.63. The summed E-state index contributed by atoms with van der Waals surface area (Å²) in [6.07, 6.45) is 4.18. The van der Waals surface area contributed by atoms with Gasteiger partial charge in [-0.25, -0.2) is 4.98 Å². The third-order valence-corrected chi connectivity index (χ3v) is 4.61. The van der Waals surface area contributed by atoms with E-state index in [2.05, 4.69) is 81.6 Å². The van der Waals surface area contributed by atoms with E-state index in [0.29, 0.717) is 0 Å². The molecule has 0 N–H and O–H groups in total. The van der Waals surface area contributed by atoms with E-state index in [4.69, 9.17) is 0 Å². The summed E-state index contributed by atoms with van der Waals surface area (Å²) >= 11 is 4.07. The van der Waals surface area contributed by atoms with Crippen LogP contribution in [0.3, 0.4) is 0 Å². The quantitative estimate of drug-likeness (QED) is 0.642. The molecule has 0 spiro atoms. The third-order valence-electron chi connectivity index (χ3n) is 2.70. The molecule has 0 bridgehead atoms. The van der Waals surface area contributed by atoms with Crippen LogP contribution >= 0.6 is 33.9 Å². The summed E-state index contributed by atoms with van der Waals surface area (Å²) in [5.74, 6) is 0. The van der Waals surface area contributed by atoms with E-state index in [-0.39, 0.29) is 0 Å². The Bertz CT molecular complexity index is 699. The maximum Gasteiger partial charge on any atom is 0.137 e. The van der Waals surface area contributed by atoms with Crippen molar-refractivity contribution < 1.29 is 0 Å². The lowest BCUT2D eigenvalue weighted by Crippen LogP contribution is -2.05. The van der Waals surface area contributed by atoms with E-state index in [1.165, 1.54) is 13.4 Å².